The summed E-state index contributed by atoms with van der Waals surface area (Å²) in [5, 5.41) is 14.8. The Hall–Kier alpha value is -2.16. The Morgan fingerprint density at radius 2 is 2.07 bits per heavy atom. The number of aromatic nitrogens is 2. The van der Waals surface area contributed by atoms with E-state index in [0.717, 1.165) is 12.8 Å². The smallest absolute Gasteiger partial charge is 0.407 e. The topological polar surface area (TPSA) is 96.7 Å². The Morgan fingerprint density at radius 3 is 2.73 bits per heavy atom. The Bertz CT molecular complexity index is 1040. The lowest BCUT2D eigenvalue weighted by Gasteiger charge is -2.37. The minimum Gasteiger partial charge on any atom is -0.444 e. The molecule has 2 aromatic rings. The maximum Gasteiger partial charge on any atom is 0.407 e. The molecule has 1 atom stereocenters. The number of ether oxygens (including phenoxy) is 1. The summed E-state index contributed by atoms with van der Waals surface area (Å²) in [6.07, 6.45) is 2.63. The number of alkyl carbamates (subject to hydrolysis) is 1. The van der Waals surface area contributed by atoms with Crippen LogP contribution in [0.4, 0.5) is 4.79 Å². The van der Waals surface area contributed by atoms with Gasteiger partial charge in [0.2, 0.25) is 0 Å². The fraction of sp³-hybridized carbons (Fsp3) is 0.571. The average molecular weight is 435 g/mol. The molecule has 0 radical (unpaired) electrons. The van der Waals surface area contributed by atoms with E-state index in [1.54, 1.807) is 10.6 Å². The highest BCUT2D eigenvalue weighted by Gasteiger charge is 2.42. The van der Waals surface area contributed by atoms with Crippen LogP contribution >= 0.6 is 11.6 Å². The van der Waals surface area contributed by atoms with Crippen LogP contribution in [0.25, 0.3) is 11.0 Å². The molecule has 9 heteroatoms. The quantitative estimate of drug-likeness (QED) is 0.769. The summed E-state index contributed by atoms with van der Waals surface area (Å²) in [5.74, 6) is 0. The summed E-state index contributed by atoms with van der Waals surface area (Å²) in [4.78, 5) is 30.8. The minimum atomic E-state index is -1.27. The van der Waals surface area contributed by atoms with Crippen LogP contribution in [-0.2, 0) is 16.9 Å². The highest BCUT2D eigenvalue weighted by Crippen LogP contribution is 2.40. The molecule has 162 valence electrons. The molecule has 0 aromatic carbocycles. The van der Waals surface area contributed by atoms with Gasteiger partial charge in [-0.15, -0.1) is 0 Å². The molecule has 1 fully saturated rings. The second-order valence-corrected chi connectivity index (χ2v) is 9.61. The molecule has 8 nitrogen and oxygen atoms in total. The van der Waals surface area contributed by atoms with Gasteiger partial charge in [0, 0.05) is 43.5 Å². The average Bonchev–Trinajstić information content (AvgIpc) is 2.95. The van der Waals surface area contributed by atoms with E-state index in [2.05, 4.69) is 15.2 Å². The van der Waals surface area contributed by atoms with E-state index in [1.165, 1.54) is 12.3 Å². The maximum absolute atomic E-state index is 12.3. The monoisotopic (exact) mass is 434 g/mol. The third kappa shape index (κ3) is 4.04. The van der Waals surface area contributed by atoms with Crippen molar-refractivity contribution in [3.05, 3.63) is 39.3 Å². The first kappa shape index (κ1) is 21.1. The number of nitrogens with zero attached hydrogens (tertiary/aromatic N) is 3. The first-order valence-electron chi connectivity index (χ1n) is 10.2. The third-order valence-corrected chi connectivity index (χ3v) is 5.92. The van der Waals surface area contributed by atoms with Crippen LogP contribution < -0.4 is 10.9 Å². The zero-order chi connectivity index (χ0) is 21.7. The van der Waals surface area contributed by atoms with Gasteiger partial charge in [-0.05, 0) is 39.7 Å². The fourth-order valence-electron chi connectivity index (χ4n) is 4.39. The highest BCUT2D eigenvalue weighted by molar-refractivity contribution is 6.32. The van der Waals surface area contributed by atoms with Gasteiger partial charge in [-0.2, -0.15) is 0 Å². The minimum absolute atomic E-state index is 0.0327. The number of halogens is 1. The van der Waals surface area contributed by atoms with Crippen LogP contribution in [0.2, 0.25) is 5.02 Å². The Labute approximate surface area is 179 Å². The molecule has 2 N–H and O–H groups in total. The molecule has 2 aliphatic rings. The number of likely N-dealkylation sites (tertiary alicyclic amines) is 1. The van der Waals surface area contributed by atoms with Crippen molar-refractivity contribution in [1.82, 2.24) is 19.8 Å². The molecule has 1 saturated heterocycles. The molecule has 0 bridgehead atoms. The van der Waals surface area contributed by atoms with Crippen molar-refractivity contribution in [3.63, 3.8) is 0 Å². The van der Waals surface area contributed by atoms with Gasteiger partial charge < -0.3 is 19.7 Å². The second-order valence-electron chi connectivity index (χ2n) is 9.20. The number of aliphatic hydroxyl groups is 1. The number of β-amino-alcohol motifs (C(OH)–C–C–N with tert-alkyl or cyclic N) is 1. The molecule has 4 heterocycles. The standard InChI is InChI=1S/C21H27ClN4O4/c1-20(2,3)30-19(28)24-13-6-8-25(9-7-13)11-21(29)12-26-16(27)5-4-15-18(26)17(21)14(22)10-23-15/h4-5,10,13,29H,6-9,11-12H2,1-3H3,(H,24,28). The number of pyridine rings is 2. The van der Waals surface area contributed by atoms with E-state index >= 15 is 0 Å². The van der Waals surface area contributed by atoms with E-state index in [0.29, 0.717) is 41.3 Å². The van der Waals surface area contributed by atoms with Gasteiger partial charge in [0.15, 0.2) is 0 Å². The molecule has 0 saturated carbocycles. The molecule has 1 unspecified atom stereocenters. The van der Waals surface area contributed by atoms with Gasteiger partial charge in [-0.1, -0.05) is 11.6 Å². The second kappa shape index (κ2) is 7.51. The fourth-order valence-corrected chi connectivity index (χ4v) is 4.70. The van der Waals surface area contributed by atoms with Crippen molar-refractivity contribution in [2.75, 3.05) is 19.6 Å². The Kier molecular flexibility index (Phi) is 5.28. The third-order valence-electron chi connectivity index (χ3n) is 5.63. The summed E-state index contributed by atoms with van der Waals surface area (Å²) in [6.45, 7) is 7.43. The van der Waals surface area contributed by atoms with Crippen LogP contribution in [-0.4, -0.2) is 56.9 Å². The number of piperidine rings is 1. The molecule has 4 rings (SSSR count). The SMILES string of the molecule is CC(C)(C)OC(=O)NC1CCN(CC2(O)Cn3c(=O)ccc4ncc(Cl)c2c43)CC1. The number of nitrogens with one attached hydrogen (secondary N) is 1. The summed E-state index contributed by atoms with van der Waals surface area (Å²) >= 11 is 6.41. The number of hydrogen-bond acceptors (Lipinski definition) is 6. The van der Waals surface area contributed by atoms with Crippen LogP contribution in [0.1, 0.15) is 39.2 Å². The van der Waals surface area contributed by atoms with Crippen molar-refractivity contribution >= 4 is 28.7 Å². The van der Waals surface area contributed by atoms with E-state index < -0.39 is 17.3 Å². The van der Waals surface area contributed by atoms with Crippen LogP contribution in [0.15, 0.2) is 23.1 Å². The summed E-state index contributed by atoms with van der Waals surface area (Å²) in [5.41, 5.74) is -0.148. The Balaban J connectivity index is 1.45. The van der Waals surface area contributed by atoms with Crippen LogP contribution in [0, 0.1) is 0 Å². The highest BCUT2D eigenvalue weighted by atomic mass is 35.5. The number of amides is 1. The van der Waals surface area contributed by atoms with Gasteiger partial charge in [-0.3, -0.25) is 14.7 Å². The lowest BCUT2D eigenvalue weighted by atomic mass is 9.94. The van der Waals surface area contributed by atoms with Crippen molar-refractivity contribution in [2.45, 2.75) is 57.4 Å². The zero-order valence-electron chi connectivity index (χ0n) is 17.4. The van der Waals surface area contributed by atoms with E-state index in [9.17, 15) is 14.7 Å². The van der Waals surface area contributed by atoms with Gasteiger partial charge in [-0.25, -0.2) is 4.79 Å². The van der Waals surface area contributed by atoms with E-state index in [-0.39, 0.29) is 18.1 Å². The molecule has 0 aliphatic carbocycles. The summed E-state index contributed by atoms with van der Waals surface area (Å²) < 4.78 is 6.88. The van der Waals surface area contributed by atoms with Crippen molar-refractivity contribution < 1.29 is 14.6 Å². The van der Waals surface area contributed by atoms with Crippen molar-refractivity contribution in [1.29, 1.82) is 0 Å². The molecular weight excluding hydrogens is 408 g/mol. The normalized spacial score (nSPS) is 22.4. The number of rotatable bonds is 3. The zero-order valence-corrected chi connectivity index (χ0v) is 18.2. The van der Waals surface area contributed by atoms with Gasteiger partial charge in [0.1, 0.15) is 11.2 Å². The van der Waals surface area contributed by atoms with Crippen LogP contribution in [0.5, 0.6) is 0 Å². The van der Waals surface area contributed by atoms with E-state index in [4.69, 9.17) is 16.3 Å². The van der Waals surface area contributed by atoms with Gasteiger partial charge >= 0.3 is 6.09 Å². The first-order valence-corrected chi connectivity index (χ1v) is 10.6. The lowest BCUT2D eigenvalue weighted by molar-refractivity contribution is -0.0142. The Morgan fingerprint density at radius 1 is 1.37 bits per heavy atom. The largest absolute Gasteiger partial charge is 0.444 e. The van der Waals surface area contributed by atoms with Crippen LogP contribution in [0.3, 0.4) is 0 Å². The number of carbonyl (C=O) groups is 1. The lowest BCUT2D eigenvalue weighted by Crippen LogP contribution is -2.50. The number of hydrogen-bond donors (Lipinski definition) is 2. The summed E-state index contributed by atoms with van der Waals surface area (Å²) in [6, 6.07) is 3.16. The predicted octanol–water partition coefficient (Wildman–Crippen LogP) is 2.24. The predicted molar refractivity (Wildman–Crippen MR) is 114 cm³/mol. The number of carbonyl (C=O) groups excluding carboxylic acids is 1. The molecule has 2 aromatic heterocycles. The molecule has 2 aliphatic heterocycles. The van der Waals surface area contributed by atoms with Gasteiger partial charge in [0.25, 0.3) is 5.56 Å². The molecular formula is C21H27ClN4O4. The van der Waals surface area contributed by atoms with Gasteiger partial charge in [0.05, 0.1) is 22.6 Å². The first-order chi connectivity index (χ1) is 14.1. The van der Waals surface area contributed by atoms with Crippen molar-refractivity contribution in [2.24, 2.45) is 0 Å². The maximum atomic E-state index is 12.3. The van der Waals surface area contributed by atoms with Crippen molar-refractivity contribution in [3.8, 4) is 0 Å². The van der Waals surface area contributed by atoms with E-state index in [1.807, 2.05) is 20.8 Å². The molecule has 0 spiro atoms. The molecule has 1 amide bonds. The molecule has 30 heavy (non-hydrogen) atoms. The summed E-state index contributed by atoms with van der Waals surface area (Å²) in [7, 11) is 0.